The molecule has 0 spiro atoms. The lowest BCUT2D eigenvalue weighted by atomic mass is 10.2. The minimum atomic E-state index is -5.56. The van der Waals surface area contributed by atoms with Gasteiger partial charge in [0.05, 0.1) is 46.6 Å². The SMILES string of the molecule is CCCCCC[NH2+]CC[NH3+].O=S(=O)(CC(F)(F)F)[N-]S(=O)(=O)CC(F)(F)F.O=S(=O)(CC(F)(F)F)[N-]S(=O)(=O)CC(F)(F)F. The highest BCUT2D eigenvalue weighted by atomic mass is 32.3. The van der Waals surface area contributed by atoms with Gasteiger partial charge in [0.2, 0.25) is 0 Å². The predicted octanol–water partition coefficient (Wildman–Crippen LogP) is 1.66. The number of hydrogen-bond acceptors (Lipinski definition) is 8. The van der Waals surface area contributed by atoms with Crippen LogP contribution in [0.25, 0.3) is 8.25 Å². The van der Waals surface area contributed by atoms with Crippen molar-refractivity contribution in [3.63, 3.8) is 0 Å². The summed E-state index contributed by atoms with van der Waals surface area (Å²) in [5.74, 6) is -10.6. The Hall–Kier alpha value is -1.20. The number of nitrogens with zero attached hydrogens (tertiary/aromatic N) is 2. The number of hydrogen-bond donors (Lipinski definition) is 2. The van der Waals surface area contributed by atoms with E-state index in [1.807, 2.05) is 0 Å². The molecule has 12 nitrogen and oxygen atoms in total. The maximum atomic E-state index is 11.6. The van der Waals surface area contributed by atoms with Crippen LogP contribution in [0.15, 0.2) is 0 Å². The van der Waals surface area contributed by atoms with Gasteiger partial charge in [0.1, 0.15) is 36.1 Å². The molecule has 44 heavy (non-hydrogen) atoms. The highest BCUT2D eigenvalue weighted by molar-refractivity contribution is 8.12. The van der Waals surface area contributed by atoms with Gasteiger partial charge in [-0.1, -0.05) is 19.8 Å². The topological polar surface area (TPSA) is 209 Å². The lowest BCUT2D eigenvalue weighted by Gasteiger charge is -2.22. The number of nitrogens with two attached hydrogens (primary N) is 1. The molecular formula is C16H30F12N4O8S4. The first kappa shape index (κ1) is 47.2. The summed E-state index contributed by atoms with van der Waals surface area (Å²) in [5, 5.41) is 2.36. The Balaban J connectivity index is -0.000000594. The van der Waals surface area contributed by atoms with Gasteiger partial charge in [-0.2, -0.15) is 52.7 Å². The Bertz CT molecular complexity index is 1060. The standard InChI is InChI=1S/C8H20N2.2C4H4F6NO4S2/c1-2-3-4-5-7-10-8-6-9;2*5-3(6,7)1-16(12,13)11-17(14,15)2-4(8,9)10/h10H,2-9H2,1H3;2*1-2H2/q;2*-1/p+2. The van der Waals surface area contributed by atoms with E-state index in [-0.39, 0.29) is 0 Å². The van der Waals surface area contributed by atoms with E-state index in [0.29, 0.717) is 0 Å². The Morgan fingerprint density at radius 3 is 0.977 bits per heavy atom. The molecule has 0 bridgehead atoms. The van der Waals surface area contributed by atoms with Gasteiger partial charge in [-0.05, 0) is 12.8 Å². The maximum Gasteiger partial charge on any atom is 0.401 e. The summed E-state index contributed by atoms with van der Waals surface area (Å²) in [7, 11) is -22.2. The van der Waals surface area contributed by atoms with Crippen molar-refractivity contribution in [3.8, 4) is 0 Å². The van der Waals surface area contributed by atoms with Gasteiger partial charge in [-0.3, -0.25) is 0 Å². The number of rotatable bonds is 15. The summed E-state index contributed by atoms with van der Waals surface area (Å²) in [5.41, 5.74) is 3.79. The predicted molar refractivity (Wildman–Crippen MR) is 130 cm³/mol. The summed E-state index contributed by atoms with van der Waals surface area (Å²) in [6.45, 7) is 5.81. The van der Waals surface area contributed by atoms with Gasteiger partial charge in [-0.25, -0.2) is 33.7 Å². The van der Waals surface area contributed by atoms with Gasteiger partial charge in [-0.15, -0.1) is 0 Å². The van der Waals surface area contributed by atoms with E-state index < -0.39 is 87.8 Å². The molecule has 0 rings (SSSR count). The number of quaternary nitrogens is 2. The molecule has 0 fully saturated rings. The largest absolute Gasteiger partial charge is 0.436 e. The number of unbranched alkanes of at least 4 members (excludes halogenated alkanes) is 3. The highest BCUT2D eigenvalue weighted by Gasteiger charge is 2.37. The summed E-state index contributed by atoms with van der Waals surface area (Å²) in [6.07, 6.45) is -15.6. The zero-order valence-electron chi connectivity index (χ0n) is 22.4. The van der Waals surface area contributed by atoms with Gasteiger partial charge < -0.3 is 19.3 Å². The second kappa shape index (κ2) is 18.8. The lowest BCUT2D eigenvalue weighted by Crippen LogP contribution is -2.87. The van der Waals surface area contributed by atoms with Gasteiger partial charge >= 0.3 is 24.7 Å². The molecule has 28 heteroatoms. The summed E-state index contributed by atoms with van der Waals surface area (Å²) < 4.78 is 227. The molecule has 0 aliphatic heterocycles. The molecule has 0 aromatic heterocycles. The van der Waals surface area contributed by atoms with Crippen molar-refractivity contribution >= 4 is 40.1 Å². The molecule has 0 saturated carbocycles. The second-order valence-electron chi connectivity index (χ2n) is 8.30. The Kier molecular flexibility index (Phi) is 20.2. The van der Waals surface area contributed by atoms with Crippen LogP contribution in [-0.2, 0) is 40.1 Å². The van der Waals surface area contributed by atoms with E-state index in [2.05, 4.69) is 18.0 Å². The van der Waals surface area contributed by atoms with Crippen LogP contribution in [0.2, 0.25) is 0 Å². The molecule has 5 N–H and O–H groups in total. The van der Waals surface area contributed by atoms with Crippen LogP contribution >= 0.6 is 0 Å². The van der Waals surface area contributed by atoms with Gasteiger partial charge in [0, 0.05) is 0 Å². The zero-order chi connectivity index (χ0) is 35.9. The van der Waals surface area contributed by atoms with Crippen molar-refractivity contribution in [2.24, 2.45) is 0 Å². The van der Waals surface area contributed by atoms with E-state index in [0.717, 1.165) is 6.54 Å². The molecule has 0 saturated heterocycles. The van der Waals surface area contributed by atoms with Crippen LogP contribution < -0.4 is 11.1 Å². The van der Waals surface area contributed by atoms with Crippen LogP contribution in [0.5, 0.6) is 0 Å². The van der Waals surface area contributed by atoms with Crippen molar-refractivity contribution in [2.75, 3.05) is 42.6 Å². The van der Waals surface area contributed by atoms with Crippen molar-refractivity contribution in [1.29, 1.82) is 0 Å². The molecule has 0 unspecified atom stereocenters. The average Bonchev–Trinajstić information content (AvgIpc) is 2.61. The lowest BCUT2D eigenvalue weighted by molar-refractivity contribution is -0.670. The zero-order valence-corrected chi connectivity index (χ0v) is 25.7. The van der Waals surface area contributed by atoms with Crippen LogP contribution in [0.3, 0.4) is 0 Å². The first-order valence-electron chi connectivity index (χ1n) is 11.4. The Morgan fingerprint density at radius 2 is 0.773 bits per heavy atom. The summed E-state index contributed by atoms with van der Waals surface area (Å²) in [6, 6.07) is 0. The minimum absolute atomic E-state index is 1.06. The van der Waals surface area contributed by atoms with Crippen LogP contribution in [-0.4, -0.2) is 101 Å². The highest BCUT2D eigenvalue weighted by Crippen LogP contribution is 2.27. The van der Waals surface area contributed by atoms with E-state index in [9.17, 15) is 86.4 Å². The summed E-state index contributed by atoms with van der Waals surface area (Å²) >= 11 is 0. The first-order chi connectivity index (χ1) is 19.2. The first-order valence-corrected chi connectivity index (χ1v) is 17.9. The third kappa shape index (κ3) is 37.0. The molecule has 0 aromatic rings. The molecular weight excluding hydrogens is 732 g/mol. The molecule has 0 aliphatic rings. The van der Waals surface area contributed by atoms with Crippen molar-refractivity contribution in [1.82, 2.24) is 0 Å². The van der Waals surface area contributed by atoms with Crippen molar-refractivity contribution in [2.45, 2.75) is 57.3 Å². The van der Waals surface area contributed by atoms with Crippen LogP contribution in [0.4, 0.5) is 52.7 Å². The fourth-order valence-corrected chi connectivity index (χ4v) is 7.55. The van der Waals surface area contributed by atoms with E-state index in [4.69, 9.17) is 0 Å². The monoisotopic (exact) mass is 762 g/mol. The van der Waals surface area contributed by atoms with Crippen molar-refractivity contribution < 1.29 is 97.4 Å². The quantitative estimate of drug-likeness (QED) is 0.185. The van der Waals surface area contributed by atoms with Gasteiger partial charge in [0.25, 0.3) is 0 Å². The fourth-order valence-electron chi connectivity index (χ4n) is 2.28. The summed E-state index contributed by atoms with van der Waals surface area (Å²) in [4.78, 5) is 0. The molecule has 0 aromatic carbocycles. The second-order valence-corrected chi connectivity index (χ2v) is 15.3. The van der Waals surface area contributed by atoms with E-state index in [1.165, 1.54) is 38.8 Å². The molecule has 0 amide bonds. The van der Waals surface area contributed by atoms with Crippen LogP contribution in [0, 0.1) is 0 Å². The molecule has 270 valence electrons. The average molecular weight is 763 g/mol. The normalized spacial score (nSPS) is 13.9. The van der Waals surface area contributed by atoms with Crippen molar-refractivity contribution in [3.05, 3.63) is 8.25 Å². The number of alkyl halides is 12. The molecule has 0 atom stereocenters. The third-order valence-corrected chi connectivity index (χ3v) is 9.91. The fraction of sp³-hybridized carbons (Fsp3) is 1.00. The third-order valence-electron chi connectivity index (χ3n) is 3.51. The van der Waals surface area contributed by atoms with Crippen LogP contribution in [0.1, 0.15) is 32.6 Å². The minimum Gasteiger partial charge on any atom is -0.436 e. The molecule has 0 heterocycles. The number of sulfonamides is 4. The molecule has 0 aliphatic carbocycles. The van der Waals surface area contributed by atoms with E-state index >= 15 is 0 Å². The molecule has 0 radical (unpaired) electrons. The van der Waals surface area contributed by atoms with Gasteiger partial charge in [0.15, 0.2) is 0 Å². The van der Waals surface area contributed by atoms with E-state index in [1.54, 1.807) is 8.25 Å². The Labute approximate surface area is 245 Å². The number of halogens is 12. The maximum absolute atomic E-state index is 11.6. The Morgan fingerprint density at radius 1 is 0.500 bits per heavy atom. The smallest absolute Gasteiger partial charge is 0.401 e.